The maximum Gasteiger partial charge on any atom is 0.282 e. The third-order valence-corrected chi connectivity index (χ3v) is 6.61. The fourth-order valence-corrected chi connectivity index (χ4v) is 3.92. The van der Waals surface area contributed by atoms with Gasteiger partial charge in [0.1, 0.15) is 11.8 Å². The second kappa shape index (κ2) is 9.87. The van der Waals surface area contributed by atoms with Gasteiger partial charge in [-0.05, 0) is 49.4 Å². The van der Waals surface area contributed by atoms with Gasteiger partial charge in [0.05, 0.1) is 12.0 Å². The number of amides is 1. The van der Waals surface area contributed by atoms with E-state index in [1.54, 1.807) is 19.2 Å². The van der Waals surface area contributed by atoms with Gasteiger partial charge in [0.25, 0.3) is 5.91 Å². The Morgan fingerprint density at radius 1 is 1.17 bits per heavy atom. The van der Waals surface area contributed by atoms with Crippen LogP contribution in [0.15, 0.2) is 53.4 Å². The van der Waals surface area contributed by atoms with Crippen molar-refractivity contribution < 1.29 is 23.3 Å². The minimum absolute atomic E-state index is 0.127. The number of nitrogens with one attached hydrogen (secondary N) is 1. The molecule has 1 amide bonds. The summed E-state index contributed by atoms with van der Waals surface area (Å²) in [5.74, 6) is 0.610. The first-order valence-electron chi connectivity index (χ1n) is 9.51. The smallest absolute Gasteiger partial charge is 0.282 e. The number of ether oxygens (including phenoxy) is 1. The highest BCUT2D eigenvalue weighted by molar-refractivity contribution is 7.89. The molecule has 0 spiro atoms. The van der Waals surface area contributed by atoms with E-state index in [2.05, 4.69) is 12.2 Å². The van der Waals surface area contributed by atoms with Crippen molar-refractivity contribution in [1.82, 2.24) is 4.31 Å². The maximum absolute atomic E-state index is 12.7. The van der Waals surface area contributed by atoms with E-state index in [1.165, 1.54) is 26.2 Å². The first-order valence-corrected chi connectivity index (χ1v) is 11.0. The fraction of sp³-hybridized carbons (Fsp3) is 0.381. The van der Waals surface area contributed by atoms with Gasteiger partial charge in [0, 0.05) is 31.8 Å². The largest absolute Gasteiger partial charge is 0.497 e. The van der Waals surface area contributed by atoms with Crippen LogP contribution in [-0.4, -0.2) is 45.9 Å². The van der Waals surface area contributed by atoms with Gasteiger partial charge in [-0.2, -0.15) is 0 Å². The molecule has 2 aromatic rings. The molecule has 2 aromatic carbocycles. The van der Waals surface area contributed by atoms with Crippen molar-refractivity contribution in [3.05, 3.63) is 54.1 Å². The quantitative estimate of drug-likeness (QED) is 0.649. The molecule has 0 bridgehead atoms. The Balaban J connectivity index is 2.08. The molecule has 8 heteroatoms. The SMILES string of the molecule is CC[C@H]([NH2+][C@H](C)C(=O)Nc1cccc(S(=O)(=O)N(C)C)c1)c1ccc(OC)cc1. The summed E-state index contributed by atoms with van der Waals surface area (Å²) in [4.78, 5) is 12.8. The molecule has 0 radical (unpaired) electrons. The summed E-state index contributed by atoms with van der Waals surface area (Å²) in [6.07, 6.45) is 0.862. The van der Waals surface area contributed by atoms with Crippen LogP contribution in [0.3, 0.4) is 0 Å². The number of carbonyl (C=O) groups excluding carboxylic acids is 1. The number of methoxy groups -OCH3 is 1. The monoisotopic (exact) mass is 420 g/mol. The Bertz CT molecular complexity index is 927. The topological polar surface area (TPSA) is 92.3 Å². The van der Waals surface area contributed by atoms with E-state index in [0.717, 1.165) is 22.0 Å². The number of hydrogen-bond acceptors (Lipinski definition) is 4. The zero-order valence-corrected chi connectivity index (χ0v) is 18.4. The molecule has 0 fully saturated rings. The predicted molar refractivity (Wildman–Crippen MR) is 113 cm³/mol. The van der Waals surface area contributed by atoms with Crippen LogP contribution >= 0.6 is 0 Å². The molecule has 158 valence electrons. The molecule has 29 heavy (non-hydrogen) atoms. The van der Waals surface area contributed by atoms with Crippen molar-refractivity contribution >= 4 is 21.6 Å². The molecule has 2 rings (SSSR count). The third-order valence-electron chi connectivity index (χ3n) is 4.80. The summed E-state index contributed by atoms with van der Waals surface area (Å²) in [6, 6.07) is 13.9. The molecule has 0 aliphatic heterocycles. The number of carbonyl (C=O) groups is 1. The second-order valence-electron chi connectivity index (χ2n) is 7.07. The van der Waals surface area contributed by atoms with E-state index in [4.69, 9.17) is 4.74 Å². The second-order valence-corrected chi connectivity index (χ2v) is 9.23. The number of nitrogens with zero attached hydrogens (tertiary/aromatic N) is 1. The molecule has 0 aromatic heterocycles. The fourth-order valence-electron chi connectivity index (χ4n) is 2.97. The normalized spacial score (nSPS) is 13.7. The van der Waals surface area contributed by atoms with Crippen LogP contribution in [0, 0.1) is 0 Å². The van der Waals surface area contributed by atoms with Gasteiger partial charge in [-0.15, -0.1) is 0 Å². The number of hydrogen-bond donors (Lipinski definition) is 2. The molecule has 0 saturated heterocycles. The molecule has 2 atom stereocenters. The van der Waals surface area contributed by atoms with E-state index in [9.17, 15) is 13.2 Å². The average molecular weight is 421 g/mol. The van der Waals surface area contributed by atoms with Gasteiger partial charge >= 0.3 is 0 Å². The van der Waals surface area contributed by atoms with Crippen LogP contribution in [-0.2, 0) is 14.8 Å². The first kappa shape index (κ1) is 22.9. The number of nitrogens with two attached hydrogens (primary N) is 1. The van der Waals surface area contributed by atoms with E-state index >= 15 is 0 Å². The number of sulfonamides is 1. The van der Waals surface area contributed by atoms with Crippen molar-refractivity contribution in [2.75, 3.05) is 26.5 Å². The Morgan fingerprint density at radius 3 is 2.38 bits per heavy atom. The van der Waals surface area contributed by atoms with Gasteiger partial charge in [0.2, 0.25) is 10.0 Å². The van der Waals surface area contributed by atoms with Gasteiger partial charge in [-0.3, -0.25) is 4.79 Å². The van der Waals surface area contributed by atoms with E-state index in [1.807, 2.05) is 36.5 Å². The molecular formula is C21H30N3O4S+. The number of rotatable bonds is 9. The first-order chi connectivity index (χ1) is 13.7. The predicted octanol–water partition coefficient (Wildman–Crippen LogP) is 1.99. The maximum atomic E-state index is 12.7. The Morgan fingerprint density at radius 2 is 1.83 bits per heavy atom. The lowest BCUT2D eigenvalue weighted by Gasteiger charge is -2.19. The zero-order valence-electron chi connectivity index (χ0n) is 17.5. The molecule has 3 N–H and O–H groups in total. The van der Waals surface area contributed by atoms with Crippen LogP contribution in [0.5, 0.6) is 5.75 Å². The molecule has 0 heterocycles. The van der Waals surface area contributed by atoms with E-state index in [0.29, 0.717) is 5.69 Å². The summed E-state index contributed by atoms with van der Waals surface area (Å²) in [5.41, 5.74) is 1.57. The lowest BCUT2D eigenvalue weighted by molar-refractivity contribution is -0.713. The minimum Gasteiger partial charge on any atom is -0.497 e. The highest BCUT2D eigenvalue weighted by Crippen LogP contribution is 2.19. The van der Waals surface area contributed by atoms with E-state index < -0.39 is 10.0 Å². The molecule has 7 nitrogen and oxygen atoms in total. The zero-order chi connectivity index (χ0) is 21.6. The van der Waals surface area contributed by atoms with Crippen LogP contribution in [0.2, 0.25) is 0 Å². The molecule has 0 aliphatic carbocycles. The van der Waals surface area contributed by atoms with Gasteiger partial charge < -0.3 is 15.4 Å². The molecule has 0 saturated carbocycles. The lowest BCUT2D eigenvalue weighted by Crippen LogP contribution is -2.92. The van der Waals surface area contributed by atoms with Crippen molar-refractivity contribution in [3.63, 3.8) is 0 Å². The molecule has 0 aliphatic rings. The van der Waals surface area contributed by atoms with Crippen LogP contribution in [0.25, 0.3) is 0 Å². The summed E-state index contributed by atoms with van der Waals surface area (Å²) >= 11 is 0. The summed E-state index contributed by atoms with van der Waals surface area (Å²) in [7, 11) is 1.02. The summed E-state index contributed by atoms with van der Waals surface area (Å²) < 4.78 is 30.9. The van der Waals surface area contributed by atoms with Crippen molar-refractivity contribution in [1.29, 1.82) is 0 Å². The minimum atomic E-state index is -3.56. The van der Waals surface area contributed by atoms with Gasteiger partial charge in [-0.1, -0.05) is 13.0 Å². The van der Waals surface area contributed by atoms with Gasteiger partial charge in [-0.25, -0.2) is 12.7 Å². The summed E-state index contributed by atoms with van der Waals surface area (Å²) in [5, 5.41) is 4.83. The lowest BCUT2D eigenvalue weighted by atomic mass is 10.0. The molecular weight excluding hydrogens is 390 g/mol. The average Bonchev–Trinajstić information content (AvgIpc) is 2.72. The van der Waals surface area contributed by atoms with Crippen molar-refractivity contribution in [2.45, 2.75) is 37.2 Å². The summed E-state index contributed by atoms with van der Waals surface area (Å²) in [6.45, 7) is 3.91. The molecule has 0 unspecified atom stereocenters. The van der Waals surface area contributed by atoms with Crippen LogP contribution < -0.4 is 15.4 Å². The third kappa shape index (κ3) is 5.79. The van der Waals surface area contributed by atoms with Crippen LogP contribution in [0.4, 0.5) is 5.69 Å². The van der Waals surface area contributed by atoms with Crippen molar-refractivity contribution in [3.8, 4) is 5.75 Å². The Hall–Kier alpha value is -2.42. The standard InChI is InChI=1S/C21H29N3O4S/c1-6-20(16-10-12-18(28-5)13-11-16)22-15(2)21(25)23-17-8-7-9-19(14-17)29(26,27)24(3)4/h7-15,20,22H,6H2,1-5H3,(H,23,25)/p+1/t15-,20+/m1/s1. The highest BCUT2D eigenvalue weighted by atomic mass is 32.2. The highest BCUT2D eigenvalue weighted by Gasteiger charge is 2.23. The number of benzene rings is 2. The number of quaternary nitrogens is 1. The van der Waals surface area contributed by atoms with Crippen LogP contribution in [0.1, 0.15) is 31.9 Å². The van der Waals surface area contributed by atoms with Gasteiger partial charge in [0.15, 0.2) is 6.04 Å². The van der Waals surface area contributed by atoms with Crippen molar-refractivity contribution in [2.24, 2.45) is 0 Å². The Kier molecular flexibility index (Phi) is 7.78. The Labute approximate surface area is 173 Å². The number of anilines is 1. The van der Waals surface area contributed by atoms with E-state index in [-0.39, 0.29) is 22.9 Å².